The molecule has 1 N–H and O–H groups in total. The van der Waals surface area contributed by atoms with E-state index in [1.807, 2.05) is 37.3 Å². The Hall–Kier alpha value is -2.90. The van der Waals surface area contributed by atoms with Gasteiger partial charge in [0.05, 0.1) is 18.5 Å². The fraction of sp³-hybridized carbons (Fsp3) is 0.524. The van der Waals surface area contributed by atoms with Crippen LogP contribution >= 0.6 is 0 Å². The number of ether oxygens (including phenoxy) is 1. The second-order valence-corrected chi connectivity index (χ2v) is 7.73. The van der Waals surface area contributed by atoms with Gasteiger partial charge in [-0.15, -0.1) is 0 Å². The number of likely N-dealkylation sites (tertiary alicyclic amines) is 1. The first-order chi connectivity index (χ1) is 13.8. The van der Waals surface area contributed by atoms with Crippen molar-refractivity contribution < 1.29 is 23.9 Å². The number of hydrogen-bond donors (Lipinski definition) is 1. The van der Waals surface area contributed by atoms with Gasteiger partial charge in [0, 0.05) is 26.1 Å². The highest BCUT2D eigenvalue weighted by molar-refractivity contribution is 5.89. The summed E-state index contributed by atoms with van der Waals surface area (Å²) in [5, 5.41) is 2.80. The number of benzene rings is 1. The van der Waals surface area contributed by atoms with Gasteiger partial charge in [-0.05, 0) is 25.3 Å². The number of carbonyl (C=O) groups is 4. The predicted octanol–water partition coefficient (Wildman–Crippen LogP) is 0.876. The van der Waals surface area contributed by atoms with Crippen LogP contribution in [-0.4, -0.2) is 66.3 Å². The molecule has 29 heavy (non-hydrogen) atoms. The molecular formula is C21H27N3O5. The van der Waals surface area contributed by atoms with Crippen LogP contribution in [0.4, 0.5) is 0 Å². The largest absolute Gasteiger partial charge is 0.455 e. The highest BCUT2D eigenvalue weighted by Crippen LogP contribution is 2.29. The van der Waals surface area contributed by atoms with E-state index in [0.29, 0.717) is 0 Å². The molecule has 3 amide bonds. The minimum absolute atomic E-state index is 0.0723. The smallest absolute Gasteiger partial charge is 0.311 e. The van der Waals surface area contributed by atoms with Gasteiger partial charge in [0.25, 0.3) is 5.91 Å². The molecule has 1 saturated carbocycles. The summed E-state index contributed by atoms with van der Waals surface area (Å²) in [6.45, 7) is 1.68. The van der Waals surface area contributed by atoms with Crippen LogP contribution in [0.3, 0.4) is 0 Å². The second kappa shape index (κ2) is 9.07. The van der Waals surface area contributed by atoms with Gasteiger partial charge in [0.1, 0.15) is 0 Å². The monoisotopic (exact) mass is 401 g/mol. The highest BCUT2D eigenvalue weighted by Gasteiger charge is 2.38. The SMILES string of the molecule is C[C@H](c1ccccc1)N1C[C@@H](C(=O)OCC(=O)N(C)CC(=O)NC2CC2)CC1=O. The summed E-state index contributed by atoms with van der Waals surface area (Å²) in [5.41, 5.74) is 0.996. The molecule has 156 valence electrons. The first kappa shape index (κ1) is 20.8. The quantitative estimate of drug-likeness (QED) is 0.653. The fourth-order valence-electron chi connectivity index (χ4n) is 3.34. The molecule has 1 saturated heterocycles. The van der Waals surface area contributed by atoms with Crippen LogP contribution in [0.2, 0.25) is 0 Å². The van der Waals surface area contributed by atoms with E-state index in [1.165, 1.54) is 11.9 Å². The van der Waals surface area contributed by atoms with Gasteiger partial charge < -0.3 is 19.9 Å². The number of nitrogens with zero attached hydrogens (tertiary/aromatic N) is 2. The van der Waals surface area contributed by atoms with E-state index in [4.69, 9.17) is 4.74 Å². The second-order valence-electron chi connectivity index (χ2n) is 7.73. The van der Waals surface area contributed by atoms with E-state index in [2.05, 4.69) is 5.32 Å². The third-order valence-corrected chi connectivity index (χ3v) is 5.33. The average Bonchev–Trinajstić information content (AvgIpc) is 3.43. The van der Waals surface area contributed by atoms with E-state index in [9.17, 15) is 19.2 Å². The zero-order chi connectivity index (χ0) is 21.0. The van der Waals surface area contributed by atoms with E-state index in [0.717, 1.165) is 18.4 Å². The summed E-state index contributed by atoms with van der Waals surface area (Å²) in [5.74, 6) is -1.94. The minimum atomic E-state index is -0.593. The number of hydrogen-bond acceptors (Lipinski definition) is 5. The number of rotatable bonds is 8. The maximum Gasteiger partial charge on any atom is 0.311 e. The first-order valence-electron chi connectivity index (χ1n) is 9.89. The Morgan fingerprint density at radius 2 is 1.93 bits per heavy atom. The van der Waals surface area contributed by atoms with Crippen LogP contribution in [-0.2, 0) is 23.9 Å². The molecule has 0 aromatic heterocycles. The molecular weight excluding hydrogens is 374 g/mol. The van der Waals surface area contributed by atoms with E-state index < -0.39 is 24.4 Å². The van der Waals surface area contributed by atoms with Gasteiger partial charge >= 0.3 is 5.97 Å². The van der Waals surface area contributed by atoms with Gasteiger partial charge in [-0.1, -0.05) is 30.3 Å². The van der Waals surface area contributed by atoms with Crippen LogP contribution < -0.4 is 5.32 Å². The molecule has 1 heterocycles. The summed E-state index contributed by atoms with van der Waals surface area (Å²) >= 11 is 0. The Bertz CT molecular complexity index is 778. The van der Waals surface area contributed by atoms with Crippen molar-refractivity contribution in [3.63, 3.8) is 0 Å². The molecule has 1 aromatic rings. The molecule has 0 spiro atoms. The number of esters is 1. The van der Waals surface area contributed by atoms with Gasteiger partial charge in [0.15, 0.2) is 6.61 Å². The molecule has 3 rings (SSSR count). The van der Waals surface area contributed by atoms with Crippen LogP contribution in [0, 0.1) is 5.92 Å². The molecule has 1 aliphatic heterocycles. The molecule has 8 heteroatoms. The Labute approximate surface area is 170 Å². The van der Waals surface area contributed by atoms with Gasteiger partial charge in [0.2, 0.25) is 11.8 Å². The molecule has 0 radical (unpaired) electrons. The summed E-state index contributed by atoms with van der Waals surface area (Å²) in [6.07, 6.45) is 2.02. The number of amides is 3. The topological polar surface area (TPSA) is 96.0 Å². The number of carbonyl (C=O) groups excluding carboxylic acids is 4. The van der Waals surface area contributed by atoms with Crippen molar-refractivity contribution in [2.75, 3.05) is 26.7 Å². The van der Waals surface area contributed by atoms with Crippen LogP contribution in [0.5, 0.6) is 0 Å². The summed E-state index contributed by atoms with van der Waals surface area (Å²) < 4.78 is 5.13. The lowest BCUT2D eigenvalue weighted by molar-refractivity contribution is -0.155. The Morgan fingerprint density at radius 1 is 1.24 bits per heavy atom. The maximum absolute atomic E-state index is 12.4. The zero-order valence-electron chi connectivity index (χ0n) is 16.8. The molecule has 2 fully saturated rings. The molecule has 0 bridgehead atoms. The Morgan fingerprint density at radius 3 is 2.59 bits per heavy atom. The molecule has 2 aliphatic rings. The van der Waals surface area contributed by atoms with E-state index in [1.54, 1.807) is 4.90 Å². The molecule has 2 atom stereocenters. The zero-order valence-corrected chi connectivity index (χ0v) is 16.8. The summed E-state index contributed by atoms with van der Waals surface area (Å²) in [4.78, 5) is 51.5. The normalized spacial score (nSPS) is 19.6. The van der Waals surface area contributed by atoms with Crippen molar-refractivity contribution >= 4 is 23.7 Å². The first-order valence-corrected chi connectivity index (χ1v) is 9.89. The Kier molecular flexibility index (Phi) is 6.51. The highest BCUT2D eigenvalue weighted by atomic mass is 16.5. The summed E-state index contributed by atoms with van der Waals surface area (Å²) in [7, 11) is 1.49. The lowest BCUT2D eigenvalue weighted by Gasteiger charge is -2.25. The van der Waals surface area contributed by atoms with Crippen molar-refractivity contribution in [2.45, 2.75) is 38.3 Å². The van der Waals surface area contributed by atoms with Crippen molar-refractivity contribution in [3.8, 4) is 0 Å². The van der Waals surface area contributed by atoms with Crippen LogP contribution in [0.25, 0.3) is 0 Å². The van der Waals surface area contributed by atoms with E-state index in [-0.39, 0.29) is 43.4 Å². The minimum Gasteiger partial charge on any atom is -0.455 e. The third kappa shape index (κ3) is 5.56. The van der Waals surface area contributed by atoms with Crippen molar-refractivity contribution in [3.05, 3.63) is 35.9 Å². The van der Waals surface area contributed by atoms with Crippen LogP contribution in [0.15, 0.2) is 30.3 Å². The van der Waals surface area contributed by atoms with Gasteiger partial charge in [-0.25, -0.2) is 0 Å². The fourth-order valence-corrected chi connectivity index (χ4v) is 3.34. The van der Waals surface area contributed by atoms with Crippen molar-refractivity contribution in [1.29, 1.82) is 0 Å². The van der Waals surface area contributed by atoms with Crippen molar-refractivity contribution in [2.24, 2.45) is 5.92 Å². The molecule has 1 aromatic carbocycles. The van der Waals surface area contributed by atoms with Crippen LogP contribution in [0.1, 0.15) is 37.8 Å². The molecule has 8 nitrogen and oxygen atoms in total. The lowest BCUT2D eigenvalue weighted by atomic mass is 10.1. The van der Waals surface area contributed by atoms with Gasteiger partial charge in [-0.3, -0.25) is 19.2 Å². The maximum atomic E-state index is 12.4. The molecule has 0 unspecified atom stereocenters. The third-order valence-electron chi connectivity index (χ3n) is 5.33. The van der Waals surface area contributed by atoms with E-state index >= 15 is 0 Å². The predicted molar refractivity (Wildman–Crippen MR) is 104 cm³/mol. The lowest BCUT2D eigenvalue weighted by Crippen LogP contribution is -2.41. The Balaban J connectivity index is 1.45. The number of nitrogens with one attached hydrogen (secondary N) is 1. The van der Waals surface area contributed by atoms with Gasteiger partial charge in [-0.2, -0.15) is 0 Å². The summed E-state index contributed by atoms with van der Waals surface area (Å²) in [6, 6.07) is 9.70. The van der Waals surface area contributed by atoms with Crippen molar-refractivity contribution in [1.82, 2.24) is 15.1 Å². The number of likely N-dealkylation sites (N-methyl/N-ethyl adjacent to an activating group) is 1. The average molecular weight is 401 g/mol. The molecule has 1 aliphatic carbocycles. The standard InChI is InChI=1S/C21H27N3O5/c1-14(15-6-4-3-5-7-15)24-11-16(10-19(24)26)21(28)29-13-20(27)23(2)12-18(25)22-17-8-9-17/h3-7,14,16-17H,8-13H2,1-2H3,(H,22,25)/t14-,16+/m1/s1.